The number of nitrogens with zero attached hydrogens (tertiary/aromatic N) is 2. The minimum Gasteiger partial charge on any atom is -0.334 e. The third-order valence-electron chi connectivity index (χ3n) is 3.14. The standard InChI is InChI=1S/C13H17N3O3/c1-14-8-13(17)15(11-6-7-11)9-10-2-4-12(5-3-10)16(18)19/h2-5,11,14H,6-9H2,1H3. The molecule has 0 saturated heterocycles. The van der Waals surface area contributed by atoms with Crippen LogP contribution in [0.4, 0.5) is 5.69 Å². The first-order valence-electron chi connectivity index (χ1n) is 6.29. The van der Waals surface area contributed by atoms with Crippen molar-refractivity contribution >= 4 is 11.6 Å². The maximum atomic E-state index is 12.0. The van der Waals surface area contributed by atoms with Gasteiger partial charge in [-0.1, -0.05) is 12.1 Å². The second kappa shape index (κ2) is 5.79. The maximum Gasteiger partial charge on any atom is 0.269 e. The number of benzene rings is 1. The van der Waals surface area contributed by atoms with Crippen molar-refractivity contribution in [2.75, 3.05) is 13.6 Å². The zero-order valence-electron chi connectivity index (χ0n) is 10.8. The Hall–Kier alpha value is -1.95. The van der Waals surface area contributed by atoms with Crippen molar-refractivity contribution in [3.8, 4) is 0 Å². The Labute approximate surface area is 111 Å². The molecule has 19 heavy (non-hydrogen) atoms. The lowest BCUT2D eigenvalue weighted by atomic mass is 10.2. The van der Waals surface area contributed by atoms with E-state index < -0.39 is 4.92 Å². The number of hydrogen-bond acceptors (Lipinski definition) is 4. The summed E-state index contributed by atoms with van der Waals surface area (Å²) >= 11 is 0. The van der Waals surface area contributed by atoms with Gasteiger partial charge in [-0.05, 0) is 25.5 Å². The second-order valence-electron chi connectivity index (χ2n) is 4.71. The first-order chi connectivity index (χ1) is 9.11. The van der Waals surface area contributed by atoms with Gasteiger partial charge in [0.15, 0.2) is 0 Å². The summed E-state index contributed by atoms with van der Waals surface area (Å²) in [6, 6.07) is 6.70. The molecular formula is C13H17N3O3. The molecule has 0 atom stereocenters. The lowest BCUT2D eigenvalue weighted by Crippen LogP contribution is -2.38. The summed E-state index contributed by atoms with van der Waals surface area (Å²) in [5, 5.41) is 13.4. The number of carbonyl (C=O) groups excluding carboxylic acids is 1. The third-order valence-corrected chi connectivity index (χ3v) is 3.14. The summed E-state index contributed by atoms with van der Waals surface area (Å²) in [5.74, 6) is 0.0725. The highest BCUT2D eigenvalue weighted by Gasteiger charge is 2.32. The van der Waals surface area contributed by atoms with E-state index in [1.165, 1.54) is 12.1 Å². The molecule has 102 valence electrons. The molecule has 2 rings (SSSR count). The Bertz CT molecular complexity index is 469. The molecule has 1 aliphatic rings. The van der Waals surface area contributed by atoms with Gasteiger partial charge >= 0.3 is 0 Å². The van der Waals surface area contributed by atoms with E-state index in [4.69, 9.17) is 0 Å². The van der Waals surface area contributed by atoms with Gasteiger partial charge in [-0.15, -0.1) is 0 Å². The molecule has 0 aromatic heterocycles. The van der Waals surface area contributed by atoms with E-state index in [1.807, 2.05) is 4.90 Å². The molecule has 1 saturated carbocycles. The second-order valence-corrected chi connectivity index (χ2v) is 4.71. The number of nitro benzene ring substituents is 1. The summed E-state index contributed by atoms with van der Waals surface area (Å²) in [5.41, 5.74) is 0.991. The highest BCUT2D eigenvalue weighted by molar-refractivity contribution is 5.78. The first-order valence-corrected chi connectivity index (χ1v) is 6.29. The van der Waals surface area contributed by atoms with Gasteiger partial charge < -0.3 is 10.2 Å². The molecule has 1 fully saturated rings. The summed E-state index contributed by atoms with van der Waals surface area (Å²) in [4.78, 5) is 24.0. The number of hydrogen-bond donors (Lipinski definition) is 1. The lowest BCUT2D eigenvalue weighted by molar-refractivity contribution is -0.384. The number of non-ortho nitro benzene ring substituents is 1. The fourth-order valence-corrected chi connectivity index (χ4v) is 1.98. The van der Waals surface area contributed by atoms with Gasteiger partial charge in [-0.25, -0.2) is 0 Å². The fourth-order valence-electron chi connectivity index (χ4n) is 1.98. The molecule has 1 N–H and O–H groups in total. The van der Waals surface area contributed by atoms with Crippen LogP contribution in [0.5, 0.6) is 0 Å². The van der Waals surface area contributed by atoms with Crippen LogP contribution in [0.15, 0.2) is 24.3 Å². The van der Waals surface area contributed by atoms with Crippen LogP contribution < -0.4 is 5.32 Å². The molecular weight excluding hydrogens is 246 g/mol. The highest BCUT2D eigenvalue weighted by Crippen LogP contribution is 2.28. The van der Waals surface area contributed by atoms with E-state index >= 15 is 0 Å². The quantitative estimate of drug-likeness (QED) is 0.620. The molecule has 6 heteroatoms. The molecule has 6 nitrogen and oxygen atoms in total. The van der Waals surface area contributed by atoms with Crippen LogP contribution in [-0.2, 0) is 11.3 Å². The van der Waals surface area contributed by atoms with Crippen LogP contribution in [0.3, 0.4) is 0 Å². The number of nitrogens with one attached hydrogen (secondary N) is 1. The van der Waals surface area contributed by atoms with Gasteiger partial charge in [0.25, 0.3) is 5.69 Å². The predicted molar refractivity (Wildman–Crippen MR) is 70.6 cm³/mol. The van der Waals surface area contributed by atoms with Crippen LogP contribution in [-0.4, -0.2) is 35.4 Å². The van der Waals surface area contributed by atoms with E-state index in [2.05, 4.69) is 5.32 Å². The number of carbonyl (C=O) groups is 1. The Morgan fingerprint density at radius 1 is 1.42 bits per heavy atom. The van der Waals surface area contributed by atoms with Crippen molar-refractivity contribution < 1.29 is 9.72 Å². The lowest BCUT2D eigenvalue weighted by Gasteiger charge is -2.22. The van der Waals surface area contributed by atoms with Crippen molar-refractivity contribution in [1.82, 2.24) is 10.2 Å². The monoisotopic (exact) mass is 263 g/mol. The zero-order valence-corrected chi connectivity index (χ0v) is 10.8. The molecule has 1 aromatic rings. The Morgan fingerprint density at radius 2 is 2.05 bits per heavy atom. The summed E-state index contributed by atoms with van der Waals surface area (Å²) in [6.07, 6.45) is 2.09. The maximum absolute atomic E-state index is 12.0. The van der Waals surface area contributed by atoms with Crippen LogP contribution in [0.25, 0.3) is 0 Å². The normalized spacial score (nSPS) is 14.2. The van der Waals surface area contributed by atoms with Gasteiger partial charge in [-0.2, -0.15) is 0 Å². The van der Waals surface area contributed by atoms with Crippen molar-refractivity contribution in [3.63, 3.8) is 0 Å². The predicted octanol–water partition coefficient (Wildman–Crippen LogP) is 1.31. The molecule has 1 aliphatic carbocycles. The molecule has 0 bridgehead atoms. The van der Waals surface area contributed by atoms with Crippen molar-refractivity contribution in [2.45, 2.75) is 25.4 Å². The van der Waals surface area contributed by atoms with E-state index in [-0.39, 0.29) is 11.6 Å². The SMILES string of the molecule is CNCC(=O)N(Cc1ccc([N+](=O)[O-])cc1)C1CC1. The van der Waals surface area contributed by atoms with Crippen LogP contribution >= 0.6 is 0 Å². The number of amides is 1. The number of rotatable bonds is 6. The Kier molecular flexibility index (Phi) is 4.11. The average molecular weight is 263 g/mol. The molecule has 0 unspecified atom stereocenters. The number of likely N-dealkylation sites (N-methyl/N-ethyl adjacent to an activating group) is 1. The minimum atomic E-state index is -0.422. The highest BCUT2D eigenvalue weighted by atomic mass is 16.6. The Morgan fingerprint density at radius 3 is 2.53 bits per heavy atom. The smallest absolute Gasteiger partial charge is 0.269 e. The fraction of sp³-hybridized carbons (Fsp3) is 0.462. The Balaban J connectivity index is 2.04. The van der Waals surface area contributed by atoms with E-state index in [1.54, 1.807) is 19.2 Å². The average Bonchev–Trinajstić information content (AvgIpc) is 3.21. The van der Waals surface area contributed by atoms with Crippen molar-refractivity contribution in [2.24, 2.45) is 0 Å². The van der Waals surface area contributed by atoms with E-state index in [0.717, 1.165) is 18.4 Å². The topological polar surface area (TPSA) is 75.5 Å². The van der Waals surface area contributed by atoms with Gasteiger partial charge in [0.1, 0.15) is 0 Å². The minimum absolute atomic E-state index is 0.0725. The molecule has 0 heterocycles. The van der Waals surface area contributed by atoms with Gasteiger partial charge in [0.05, 0.1) is 11.5 Å². The van der Waals surface area contributed by atoms with Crippen molar-refractivity contribution in [3.05, 3.63) is 39.9 Å². The molecule has 0 aliphatic heterocycles. The van der Waals surface area contributed by atoms with E-state index in [0.29, 0.717) is 19.1 Å². The van der Waals surface area contributed by atoms with Crippen LogP contribution in [0.2, 0.25) is 0 Å². The molecule has 1 amide bonds. The first kappa shape index (κ1) is 13.5. The largest absolute Gasteiger partial charge is 0.334 e. The molecule has 1 aromatic carbocycles. The summed E-state index contributed by atoms with van der Waals surface area (Å²) in [6.45, 7) is 0.840. The zero-order chi connectivity index (χ0) is 13.8. The van der Waals surface area contributed by atoms with Crippen LogP contribution in [0.1, 0.15) is 18.4 Å². The van der Waals surface area contributed by atoms with Gasteiger partial charge in [0, 0.05) is 24.7 Å². The summed E-state index contributed by atoms with van der Waals surface area (Å²) in [7, 11) is 1.74. The van der Waals surface area contributed by atoms with Crippen molar-refractivity contribution in [1.29, 1.82) is 0 Å². The van der Waals surface area contributed by atoms with Crippen LogP contribution in [0, 0.1) is 10.1 Å². The van der Waals surface area contributed by atoms with Gasteiger partial charge in [0.2, 0.25) is 5.91 Å². The summed E-state index contributed by atoms with van der Waals surface area (Å²) < 4.78 is 0. The van der Waals surface area contributed by atoms with Gasteiger partial charge in [-0.3, -0.25) is 14.9 Å². The van der Waals surface area contributed by atoms with E-state index in [9.17, 15) is 14.9 Å². The number of nitro groups is 1. The third kappa shape index (κ3) is 3.51. The molecule has 0 spiro atoms. The molecule has 0 radical (unpaired) electrons.